The number of amides is 1. The van der Waals surface area contributed by atoms with Crippen LogP contribution < -0.4 is 11.1 Å². The van der Waals surface area contributed by atoms with Crippen LogP contribution in [0.1, 0.15) is 24.2 Å². The molecular formula is C21H19ClFN5O. The van der Waals surface area contributed by atoms with E-state index >= 15 is 0 Å². The Bertz CT molecular complexity index is 1250. The Morgan fingerprint density at radius 3 is 2.55 bits per heavy atom. The molecule has 2 heterocycles. The second-order valence-electron chi connectivity index (χ2n) is 7.18. The Balaban J connectivity index is 2.01. The molecule has 4 aromatic rings. The molecule has 148 valence electrons. The summed E-state index contributed by atoms with van der Waals surface area (Å²) in [5.41, 5.74) is 9.20. The number of hydrogen-bond acceptors (Lipinski definition) is 4. The lowest BCUT2D eigenvalue weighted by molar-refractivity contribution is 0.0951. The van der Waals surface area contributed by atoms with Crippen LogP contribution in [0.15, 0.2) is 42.5 Å². The largest absolute Gasteiger partial charge is 0.384 e. The fourth-order valence-electron chi connectivity index (χ4n) is 3.16. The van der Waals surface area contributed by atoms with Gasteiger partial charge in [0.25, 0.3) is 5.91 Å². The molecule has 29 heavy (non-hydrogen) atoms. The number of hydrogen-bond donors (Lipinski definition) is 2. The van der Waals surface area contributed by atoms with E-state index in [0.717, 1.165) is 0 Å². The van der Waals surface area contributed by atoms with E-state index in [1.807, 2.05) is 38.1 Å². The van der Waals surface area contributed by atoms with Gasteiger partial charge in [0.15, 0.2) is 5.65 Å². The number of halogens is 2. The molecule has 0 unspecified atom stereocenters. The molecule has 0 radical (unpaired) electrons. The molecule has 0 bridgehead atoms. The molecule has 0 atom stereocenters. The third-order valence-electron chi connectivity index (χ3n) is 4.56. The third-order valence-corrected chi connectivity index (χ3v) is 4.85. The molecule has 2 aromatic heterocycles. The van der Waals surface area contributed by atoms with Crippen molar-refractivity contribution in [1.29, 1.82) is 0 Å². The van der Waals surface area contributed by atoms with E-state index in [4.69, 9.17) is 17.3 Å². The van der Waals surface area contributed by atoms with E-state index < -0.39 is 5.82 Å². The van der Waals surface area contributed by atoms with Crippen LogP contribution in [-0.4, -0.2) is 27.0 Å². The number of nitrogens with one attached hydrogen (secondary N) is 1. The number of nitrogens with two attached hydrogens (primary N) is 1. The SMILES string of the molecule is CC(C)CNC(=O)c1c(N)n(-c2ccc(F)c(Cl)c2)c2nc3ccccc3nc12. The summed E-state index contributed by atoms with van der Waals surface area (Å²) < 4.78 is 15.3. The van der Waals surface area contributed by atoms with Gasteiger partial charge < -0.3 is 11.1 Å². The highest BCUT2D eigenvalue weighted by atomic mass is 35.5. The summed E-state index contributed by atoms with van der Waals surface area (Å²) >= 11 is 5.97. The molecule has 2 aromatic carbocycles. The van der Waals surface area contributed by atoms with Crippen molar-refractivity contribution in [2.75, 3.05) is 12.3 Å². The monoisotopic (exact) mass is 411 g/mol. The molecule has 0 aliphatic carbocycles. The molecule has 4 rings (SSSR count). The van der Waals surface area contributed by atoms with E-state index in [-0.39, 0.29) is 28.2 Å². The Kier molecular flexibility index (Phi) is 4.84. The van der Waals surface area contributed by atoms with Crippen LogP contribution in [0, 0.1) is 11.7 Å². The third kappa shape index (κ3) is 3.38. The van der Waals surface area contributed by atoms with Gasteiger partial charge in [0, 0.05) is 6.54 Å². The van der Waals surface area contributed by atoms with Crippen LogP contribution in [0.3, 0.4) is 0 Å². The first-order valence-corrected chi connectivity index (χ1v) is 9.55. The number of rotatable bonds is 4. The Hall–Kier alpha value is -3.19. The summed E-state index contributed by atoms with van der Waals surface area (Å²) in [6.07, 6.45) is 0. The topological polar surface area (TPSA) is 85.8 Å². The average Bonchev–Trinajstić information content (AvgIpc) is 2.97. The van der Waals surface area contributed by atoms with E-state index in [2.05, 4.69) is 15.3 Å². The minimum Gasteiger partial charge on any atom is -0.384 e. The van der Waals surface area contributed by atoms with Gasteiger partial charge in [-0.05, 0) is 36.2 Å². The van der Waals surface area contributed by atoms with Crippen molar-refractivity contribution in [2.24, 2.45) is 5.92 Å². The summed E-state index contributed by atoms with van der Waals surface area (Å²) in [7, 11) is 0. The number of para-hydroxylation sites is 2. The number of aromatic nitrogens is 3. The lowest BCUT2D eigenvalue weighted by Gasteiger charge is -2.09. The highest BCUT2D eigenvalue weighted by Crippen LogP contribution is 2.32. The zero-order valence-electron chi connectivity index (χ0n) is 15.9. The molecular weight excluding hydrogens is 393 g/mol. The molecule has 6 nitrogen and oxygen atoms in total. The second-order valence-corrected chi connectivity index (χ2v) is 7.59. The molecule has 0 spiro atoms. The van der Waals surface area contributed by atoms with Crippen LogP contribution in [0.4, 0.5) is 10.2 Å². The maximum atomic E-state index is 13.7. The number of carbonyl (C=O) groups is 1. The number of anilines is 1. The van der Waals surface area contributed by atoms with Crippen LogP contribution in [-0.2, 0) is 0 Å². The smallest absolute Gasteiger partial charge is 0.257 e. The molecule has 0 fully saturated rings. The summed E-state index contributed by atoms with van der Waals surface area (Å²) in [5, 5.41) is 2.83. The zero-order chi connectivity index (χ0) is 20.7. The van der Waals surface area contributed by atoms with Crippen LogP contribution in [0.25, 0.3) is 27.9 Å². The lowest BCUT2D eigenvalue weighted by atomic mass is 10.2. The zero-order valence-corrected chi connectivity index (χ0v) is 16.7. The van der Waals surface area contributed by atoms with Gasteiger partial charge >= 0.3 is 0 Å². The van der Waals surface area contributed by atoms with Crippen LogP contribution in [0.5, 0.6) is 0 Å². The summed E-state index contributed by atoms with van der Waals surface area (Å²) in [6.45, 7) is 4.50. The standard InChI is InChI=1S/C21H19ClFN5O/c1-11(2)10-25-21(29)17-18-20(27-16-6-4-3-5-15(16)26-18)28(19(17)24)12-7-8-14(23)13(22)9-12/h3-9,11H,10,24H2,1-2H3,(H,25,29). The lowest BCUT2D eigenvalue weighted by Crippen LogP contribution is -2.28. The van der Waals surface area contributed by atoms with Gasteiger partial charge in [-0.1, -0.05) is 37.6 Å². The van der Waals surface area contributed by atoms with E-state index in [1.165, 1.54) is 18.2 Å². The molecule has 3 N–H and O–H groups in total. The summed E-state index contributed by atoms with van der Waals surface area (Å²) in [5.74, 6) is -0.440. The number of nitrogen functional groups attached to an aromatic ring is 1. The summed E-state index contributed by atoms with van der Waals surface area (Å²) in [6, 6.07) is 11.6. The normalized spacial score (nSPS) is 11.5. The van der Waals surface area contributed by atoms with Crippen molar-refractivity contribution in [1.82, 2.24) is 19.9 Å². The van der Waals surface area contributed by atoms with Gasteiger partial charge in [0.05, 0.1) is 21.7 Å². The van der Waals surface area contributed by atoms with Crippen molar-refractivity contribution in [3.05, 3.63) is 58.9 Å². The van der Waals surface area contributed by atoms with Gasteiger partial charge in [-0.2, -0.15) is 0 Å². The molecule has 0 saturated heterocycles. The van der Waals surface area contributed by atoms with Crippen molar-refractivity contribution >= 4 is 45.5 Å². The van der Waals surface area contributed by atoms with Gasteiger partial charge in [-0.25, -0.2) is 14.4 Å². The van der Waals surface area contributed by atoms with Gasteiger partial charge in [-0.15, -0.1) is 0 Å². The number of carbonyl (C=O) groups excluding carboxylic acids is 1. The minimum atomic E-state index is -0.545. The number of fused-ring (bicyclic) bond motifs is 2. The minimum absolute atomic E-state index is 0.0525. The predicted octanol–water partition coefficient (Wildman–Crippen LogP) is 4.33. The highest BCUT2D eigenvalue weighted by Gasteiger charge is 2.25. The fraction of sp³-hybridized carbons (Fsp3) is 0.190. The first-order chi connectivity index (χ1) is 13.9. The van der Waals surface area contributed by atoms with Gasteiger partial charge in [-0.3, -0.25) is 9.36 Å². The van der Waals surface area contributed by atoms with Crippen molar-refractivity contribution < 1.29 is 9.18 Å². The maximum Gasteiger partial charge on any atom is 0.257 e. The molecule has 0 aliphatic rings. The van der Waals surface area contributed by atoms with Crippen molar-refractivity contribution in [2.45, 2.75) is 13.8 Å². The quantitative estimate of drug-likeness (QED) is 0.523. The first-order valence-electron chi connectivity index (χ1n) is 9.17. The van der Waals surface area contributed by atoms with Crippen molar-refractivity contribution in [3.63, 3.8) is 0 Å². The maximum absolute atomic E-state index is 13.7. The Morgan fingerprint density at radius 1 is 1.21 bits per heavy atom. The fourth-order valence-corrected chi connectivity index (χ4v) is 3.33. The highest BCUT2D eigenvalue weighted by molar-refractivity contribution is 6.31. The molecule has 8 heteroatoms. The van der Waals surface area contributed by atoms with Gasteiger partial charge in [0.2, 0.25) is 0 Å². The van der Waals surface area contributed by atoms with Crippen LogP contribution in [0.2, 0.25) is 5.02 Å². The average molecular weight is 412 g/mol. The first kappa shape index (κ1) is 19.1. The van der Waals surface area contributed by atoms with Crippen molar-refractivity contribution in [3.8, 4) is 5.69 Å². The van der Waals surface area contributed by atoms with E-state index in [1.54, 1.807) is 4.57 Å². The van der Waals surface area contributed by atoms with E-state index in [0.29, 0.717) is 34.4 Å². The van der Waals surface area contributed by atoms with Gasteiger partial charge in [0.1, 0.15) is 22.7 Å². The number of nitrogens with zero attached hydrogens (tertiary/aromatic N) is 3. The molecule has 1 amide bonds. The van der Waals surface area contributed by atoms with E-state index in [9.17, 15) is 9.18 Å². The Labute approximate surface area is 171 Å². The Morgan fingerprint density at radius 2 is 1.90 bits per heavy atom. The second kappa shape index (κ2) is 7.33. The summed E-state index contributed by atoms with van der Waals surface area (Å²) in [4.78, 5) is 22.2. The molecule has 0 aliphatic heterocycles. The predicted molar refractivity (Wildman–Crippen MR) is 113 cm³/mol. The van der Waals surface area contributed by atoms with Crippen LogP contribution >= 0.6 is 11.6 Å². The number of benzene rings is 2. The molecule has 0 saturated carbocycles.